The number of benzene rings is 1. The van der Waals surface area contributed by atoms with Crippen molar-refractivity contribution >= 4 is 22.6 Å². The Morgan fingerprint density at radius 1 is 1.19 bits per heavy atom. The van der Waals surface area contributed by atoms with Gasteiger partial charge in [0.15, 0.2) is 6.61 Å². The van der Waals surface area contributed by atoms with Crippen LogP contribution in [0.25, 0.3) is 10.9 Å². The van der Waals surface area contributed by atoms with E-state index in [1.807, 2.05) is 24.4 Å². The number of aromatic amines is 1. The molecular weight excluding hydrogens is 349 g/mol. The quantitative estimate of drug-likeness (QED) is 0.644. The second kappa shape index (κ2) is 7.34. The summed E-state index contributed by atoms with van der Waals surface area (Å²) in [6, 6.07) is 9.80. The van der Waals surface area contributed by atoms with Gasteiger partial charge in [0.25, 0.3) is 0 Å². The number of carbonyl (C=O) groups excluding carboxylic acids is 1. The maximum atomic E-state index is 12.1. The van der Waals surface area contributed by atoms with Crippen molar-refractivity contribution in [3.8, 4) is 5.88 Å². The molecule has 0 saturated heterocycles. The third-order valence-electron chi connectivity index (χ3n) is 3.45. The molecule has 0 fully saturated rings. The molecule has 0 bridgehead atoms. The number of halogens is 3. The summed E-state index contributed by atoms with van der Waals surface area (Å²) in [6.45, 7) is -1.23. The molecule has 3 N–H and O–H groups in total. The molecule has 0 unspecified atom stereocenters. The number of hydrogen-bond donors (Lipinski definition) is 3. The first-order chi connectivity index (χ1) is 12.4. The fourth-order valence-corrected chi connectivity index (χ4v) is 2.25. The molecule has 3 rings (SSSR count). The Balaban J connectivity index is 1.49. The van der Waals surface area contributed by atoms with Crippen LogP contribution in [0.2, 0.25) is 0 Å². The molecule has 26 heavy (non-hydrogen) atoms. The zero-order chi connectivity index (χ0) is 18.6. The Labute approximate surface area is 146 Å². The van der Waals surface area contributed by atoms with E-state index in [9.17, 15) is 18.0 Å². The van der Waals surface area contributed by atoms with Gasteiger partial charge in [0.05, 0.1) is 0 Å². The number of nitrogens with one attached hydrogen (secondary N) is 3. The zero-order valence-electron chi connectivity index (χ0n) is 13.4. The Morgan fingerprint density at radius 3 is 2.77 bits per heavy atom. The van der Waals surface area contributed by atoms with Crippen molar-refractivity contribution in [1.29, 1.82) is 0 Å². The first kappa shape index (κ1) is 17.6. The number of urea groups is 1. The number of rotatable bonds is 5. The summed E-state index contributed by atoms with van der Waals surface area (Å²) in [5.74, 6) is -0.129. The van der Waals surface area contributed by atoms with Crippen LogP contribution in [0, 0.1) is 0 Å². The van der Waals surface area contributed by atoms with Crippen LogP contribution in [0.3, 0.4) is 0 Å². The van der Waals surface area contributed by atoms with Gasteiger partial charge in [-0.25, -0.2) is 9.78 Å². The fourth-order valence-electron chi connectivity index (χ4n) is 2.25. The zero-order valence-corrected chi connectivity index (χ0v) is 13.4. The second-order valence-corrected chi connectivity index (χ2v) is 5.50. The van der Waals surface area contributed by atoms with Crippen molar-refractivity contribution in [2.75, 3.05) is 11.9 Å². The van der Waals surface area contributed by atoms with Gasteiger partial charge in [-0.05, 0) is 29.8 Å². The molecule has 9 heteroatoms. The molecule has 6 nitrogen and oxygen atoms in total. The number of alkyl halides is 3. The highest BCUT2D eigenvalue weighted by Gasteiger charge is 2.28. The summed E-state index contributed by atoms with van der Waals surface area (Å²) >= 11 is 0. The standard InChI is InChI=1S/C17H15F3N4O2/c18-17(19,20)10-26-15-4-1-11(8-22-15)9-23-16(25)24-13-2-3-14-12(7-13)5-6-21-14/h1-8,21H,9-10H2,(H2,23,24,25). The predicted octanol–water partition coefficient (Wildman–Crippen LogP) is 3.83. The molecule has 3 aromatic rings. The Hall–Kier alpha value is -3.23. The number of fused-ring (bicyclic) bond motifs is 1. The van der Waals surface area contributed by atoms with Gasteiger partial charge in [0.2, 0.25) is 5.88 Å². The number of ether oxygens (including phenoxy) is 1. The highest BCUT2D eigenvalue weighted by molar-refractivity contribution is 5.92. The lowest BCUT2D eigenvalue weighted by Gasteiger charge is -2.10. The molecule has 0 radical (unpaired) electrons. The molecule has 0 spiro atoms. The van der Waals surface area contributed by atoms with Crippen molar-refractivity contribution < 1.29 is 22.7 Å². The van der Waals surface area contributed by atoms with Gasteiger partial charge in [-0.15, -0.1) is 0 Å². The van der Waals surface area contributed by atoms with Gasteiger partial charge in [0.1, 0.15) is 0 Å². The van der Waals surface area contributed by atoms with Gasteiger partial charge in [-0.3, -0.25) is 0 Å². The Kier molecular flexibility index (Phi) is 4.97. The summed E-state index contributed by atoms with van der Waals surface area (Å²) in [6.07, 6.45) is -1.26. The van der Waals surface area contributed by atoms with E-state index in [4.69, 9.17) is 0 Å². The van der Waals surface area contributed by atoms with E-state index in [0.717, 1.165) is 10.9 Å². The molecule has 0 aliphatic heterocycles. The van der Waals surface area contributed by atoms with Crippen LogP contribution in [0.5, 0.6) is 5.88 Å². The minimum absolute atomic E-state index is 0.129. The lowest BCUT2D eigenvalue weighted by atomic mass is 10.2. The highest BCUT2D eigenvalue weighted by atomic mass is 19.4. The maximum Gasteiger partial charge on any atom is 0.422 e. The number of hydrogen-bond acceptors (Lipinski definition) is 3. The molecule has 1 aromatic carbocycles. The number of pyridine rings is 1. The molecule has 0 atom stereocenters. The van der Waals surface area contributed by atoms with Crippen molar-refractivity contribution in [2.24, 2.45) is 0 Å². The highest BCUT2D eigenvalue weighted by Crippen LogP contribution is 2.18. The Morgan fingerprint density at radius 2 is 2.04 bits per heavy atom. The van der Waals surface area contributed by atoms with Crippen LogP contribution < -0.4 is 15.4 Å². The van der Waals surface area contributed by atoms with Crippen LogP contribution in [-0.4, -0.2) is 28.8 Å². The van der Waals surface area contributed by atoms with Gasteiger partial charge < -0.3 is 20.4 Å². The molecule has 2 heterocycles. The molecule has 2 amide bonds. The van der Waals surface area contributed by atoms with Crippen LogP contribution in [-0.2, 0) is 6.54 Å². The second-order valence-electron chi connectivity index (χ2n) is 5.50. The number of amides is 2. The minimum atomic E-state index is -4.41. The van der Waals surface area contributed by atoms with E-state index in [1.54, 1.807) is 6.07 Å². The normalized spacial score (nSPS) is 11.3. The molecule has 2 aromatic heterocycles. The third-order valence-corrected chi connectivity index (χ3v) is 3.45. The lowest BCUT2D eigenvalue weighted by molar-refractivity contribution is -0.154. The van der Waals surface area contributed by atoms with E-state index in [1.165, 1.54) is 18.3 Å². The summed E-state index contributed by atoms with van der Waals surface area (Å²) in [4.78, 5) is 18.8. The van der Waals surface area contributed by atoms with E-state index < -0.39 is 18.8 Å². The summed E-state index contributed by atoms with van der Waals surface area (Å²) in [5, 5.41) is 6.33. The number of nitrogens with zero attached hydrogens (tertiary/aromatic N) is 1. The average Bonchev–Trinajstić information content (AvgIpc) is 3.06. The minimum Gasteiger partial charge on any atom is -0.468 e. The van der Waals surface area contributed by atoms with Crippen LogP contribution >= 0.6 is 0 Å². The van der Waals surface area contributed by atoms with Crippen molar-refractivity contribution in [3.05, 3.63) is 54.4 Å². The van der Waals surface area contributed by atoms with E-state index in [-0.39, 0.29) is 12.4 Å². The number of aromatic nitrogens is 2. The largest absolute Gasteiger partial charge is 0.468 e. The van der Waals surface area contributed by atoms with Crippen LogP contribution in [0.4, 0.5) is 23.7 Å². The van der Waals surface area contributed by atoms with E-state index >= 15 is 0 Å². The van der Waals surface area contributed by atoms with E-state index in [2.05, 4.69) is 25.3 Å². The van der Waals surface area contributed by atoms with Crippen LogP contribution in [0.1, 0.15) is 5.56 Å². The van der Waals surface area contributed by atoms with Gasteiger partial charge in [-0.2, -0.15) is 13.2 Å². The third kappa shape index (κ3) is 4.88. The fraction of sp³-hybridized carbons (Fsp3) is 0.176. The van der Waals surface area contributed by atoms with Crippen molar-refractivity contribution in [1.82, 2.24) is 15.3 Å². The van der Waals surface area contributed by atoms with Gasteiger partial charge in [-0.1, -0.05) is 6.07 Å². The summed E-state index contributed by atoms with van der Waals surface area (Å²) in [5.41, 5.74) is 2.24. The molecular formula is C17H15F3N4O2. The smallest absolute Gasteiger partial charge is 0.422 e. The number of carbonyl (C=O) groups is 1. The van der Waals surface area contributed by atoms with Crippen molar-refractivity contribution in [2.45, 2.75) is 12.7 Å². The molecule has 0 saturated carbocycles. The topological polar surface area (TPSA) is 79.0 Å². The van der Waals surface area contributed by atoms with Crippen LogP contribution in [0.15, 0.2) is 48.8 Å². The monoisotopic (exact) mass is 364 g/mol. The van der Waals surface area contributed by atoms with Gasteiger partial charge >= 0.3 is 12.2 Å². The Bertz CT molecular complexity index is 891. The maximum absolute atomic E-state index is 12.1. The average molecular weight is 364 g/mol. The van der Waals surface area contributed by atoms with Gasteiger partial charge in [0, 0.05) is 41.6 Å². The molecule has 0 aliphatic carbocycles. The van der Waals surface area contributed by atoms with E-state index in [0.29, 0.717) is 11.3 Å². The first-order valence-electron chi connectivity index (χ1n) is 7.65. The lowest BCUT2D eigenvalue weighted by Crippen LogP contribution is -2.28. The summed E-state index contributed by atoms with van der Waals surface area (Å²) in [7, 11) is 0. The summed E-state index contributed by atoms with van der Waals surface area (Å²) < 4.78 is 40.7. The number of anilines is 1. The SMILES string of the molecule is O=C(NCc1ccc(OCC(F)(F)F)nc1)Nc1ccc2[nH]ccc2c1. The number of H-pyrrole nitrogens is 1. The molecule has 136 valence electrons. The first-order valence-corrected chi connectivity index (χ1v) is 7.65. The molecule has 0 aliphatic rings. The predicted molar refractivity (Wildman–Crippen MR) is 89.9 cm³/mol. The van der Waals surface area contributed by atoms with Crippen molar-refractivity contribution in [3.63, 3.8) is 0 Å².